The van der Waals surface area contributed by atoms with Crippen molar-refractivity contribution >= 4 is 19.8 Å². The van der Waals surface area contributed by atoms with Crippen LogP contribution in [0.1, 0.15) is 296 Å². The Morgan fingerprint density at radius 2 is 0.731 bits per heavy atom. The Hall–Kier alpha value is -2.55. The van der Waals surface area contributed by atoms with E-state index in [1.165, 1.54) is 186 Å². The molecule has 0 N–H and O–H groups in total. The maximum Gasteiger partial charge on any atom is 0.306 e. The average Bonchev–Trinajstić information content (AvgIpc) is 3.40. The summed E-state index contributed by atoms with van der Waals surface area (Å²) in [4.78, 5) is 37.8. The quantitative estimate of drug-likeness (QED) is 0.0195. The van der Waals surface area contributed by atoms with E-state index in [1.807, 2.05) is 21.1 Å². The second-order valence-electron chi connectivity index (χ2n) is 23.1. The van der Waals surface area contributed by atoms with Crippen LogP contribution in [-0.4, -0.2) is 70.0 Å². The highest BCUT2D eigenvalue weighted by molar-refractivity contribution is 7.45. The number of rotatable bonds is 60. The van der Waals surface area contributed by atoms with Gasteiger partial charge in [-0.2, -0.15) is 0 Å². The van der Waals surface area contributed by atoms with Crippen LogP contribution in [0.3, 0.4) is 0 Å². The van der Waals surface area contributed by atoms with Gasteiger partial charge in [-0.25, -0.2) is 0 Å². The lowest BCUT2D eigenvalue weighted by molar-refractivity contribution is -0.870. The number of allylic oxidation sites excluding steroid dienone is 12. The van der Waals surface area contributed by atoms with Crippen molar-refractivity contribution in [2.24, 2.45) is 0 Å². The zero-order valence-corrected chi connectivity index (χ0v) is 52.5. The number of unbranched alkanes of at least 4 members (excludes halogenated alkanes) is 34. The number of esters is 2. The number of phosphoric ester groups is 1. The van der Waals surface area contributed by atoms with E-state index >= 15 is 0 Å². The summed E-state index contributed by atoms with van der Waals surface area (Å²) in [7, 11) is 1.15. The van der Waals surface area contributed by atoms with Gasteiger partial charge in [0.1, 0.15) is 19.8 Å². The molecule has 0 radical (unpaired) electrons. The molecule has 0 aromatic carbocycles. The Morgan fingerprint density at radius 1 is 0.410 bits per heavy atom. The Labute approximate surface area is 482 Å². The molecule has 0 bridgehead atoms. The minimum Gasteiger partial charge on any atom is -0.756 e. The molecular formula is C68H124NO8P. The predicted molar refractivity (Wildman–Crippen MR) is 333 cm³/mol. The van der Waals surface area contributed by atoms with Crippen molar-refractivity contribution in [2.75, 3.05) is 47.5 Å². The highest BCUT2D eigenvalue weighted by atomic mass is 31.2. The molecule has 10 heteroatoms. The van der Waals surface area contributed by atoms with E-state index in [0.717, 1.165) is 70.6 Å². The van der Waals surface area contributed by atoms with Gasteiger partial charge in [-0.3, -0.25) is 14.2 Å². The monoisotopic (exact) mass is 1110 g/mol. The number of carbonyl (C=O) groups is 2. The maximum atomic E-state index is 12.8. The molecule has 0 saturated heterocycles. The molecule has 0 aliphatic rings. The Morgan fingerprint density at radius 3 is 1.10 bits per heavy atom. The second-order valence-corrected chi connectivity index (χ2v) is 24.5. The minimum absolute atomic E-state index is 0.0363. The summed E-state index contributed by atoms with van der Waals surface area (Å²) in [5.74, 6) is -0.861. The van der Waals surface area contributed by atoms with Crippen molar-refractivity contribution in [1.29, 1.82) is 0 Å². The fourth-order valence-corrected chi connectivity index (χ4v) is 9.94. The maximum absolute atomic E-state index is 12.8. The van der Waals surface area contributed by atoms with Crippen molar-refractivity contribution in [3.63, 3.8) is 0 Å². The van der Waals surface area contributed by atoms with Crippen molar-refractivity contribution in [1.82, 2.24) is 0 Å². The van der Waals surface area contributed by atoms with Gasteiger partial charge in [0.25, 0.3) is 7.82 Å². The van der Waals surface area contributed by atoms with Gasteiger partial charge in [0, 0.05) is 12.8 Å². The normalized spacial score (nSPS) is 13.7. The van der Waals surface area contributed by atoms with Crippen LogP contribution in [0.15, 0.2) is 72.9 Å². The summed E-state index contributed by atoms with van der Waals surface area (Å²) < 4.78 is 34.1. The highest BCUT2D eigenvalue weighted by Crippen LogP contribution is 2.38. The van der Waals surface area contributed by atoms with Gasteiger partial charge in [0.2, 0.25) is 0 Å². The number of quaternary nitrogens is 1. The van der Waals surface area contributed by atoms with Gasteiger partial charge in [-0.15, -0.1) is 0 Å². The van der Waals surface area contributed by atoms with Crippen LogP contribution in [0, 0.1) is 0 Å². The molecule has 0 aliphatic heterocycles. The zero-order chi connectivity index (χ0) is 57.0. The number of carbonyl (C=O) groups excluding carboxylic acids is 2. The largest absolute Gasteiger partial charge is 0.756 e. The van der Waals surface area contributed by atoms with E-state index in [4.69, 9.17) is 18.5 Å². The Kier molecular flexibility index (Phi) is 57.2. The third kappa shape index (κ3) is 62.6. The summed E-state index contributed by atoms with van der Waals surface area (Å²) in [6.45, 7) is 4.09. The van der Waals surface area contributed by atoms with Crippen molar-refractivity contribution in [3.8, 4) is 0 Å². The van der Waals surface area contributed by atoms with Gasteiger partial charge in [0.05, 0.1) is 27.7 Å². The molecular weight excluding hydrogens is 990 g/mol. The molecule has 0 spiro atoms. The van der Waals surface area contributed by atoms with Crippen molar-refractivity contribution in [3.05, 3.63) is 72.9 Å². The molecule has 0 rings (SSSR count). The van der Waals surface area contributed by atoms with Crippen molar-refractivity contribution in [2.45, 2.75) is 302 Å². The van der Waals surface area contributed by atoms with E-state index in [9.17, 15) is 19.0 Å². The van der Waals surface area contributed by atoms with Crippen molar-refractivity contribution < 1.29 is 42.1 Å². The standard InChI is InChI=1S/C68H124NO8P/c1-6-8-10-12-14-16-18-20-21-22-23-24-25-26-27-28-29-30-31-32-33-34-35-36-37-38-39-40-41-42-43-44-45-46-47-49-51-53-55-57-59-61-68(71)77-66(65-76-78(72,73)75-63-62-69(3,4)5)64-74-67(70)60-58-56-54-52-50-48-19-17-15-13-11-9-7-2/h9,11,15,17-18,20,22-23,25-26,48,50,66H,6-8,10,12-14,16,19,21,24,27-47,49,51-65H2,1-5H3/b11-9-,17-15-,20-18-,23-22-,26-25-,50-48-. The van der Waals surface area contributed by atoms with Crippen LogP contribution < -0.4 is 4.89 Å². The first-order chi connectivity index (χ1) is 38.0. The molecule has 0 aromatic heterocycles. The van der Waals surface area contributed by atoms with E-state index in [0.29, 0.717) is 23.9 Å². The lowest BCUT2D eigenvalue weighted by Crippen LogP contribution is -2.37. The van der Waals surface area contributed by atoms with E-state index in [2.05, 4.69) is 86.8 Å². The molecule has 78 heavy (non-hydrogen) atoms. The van der Waals surface area contributed by atoms with E-state index < -0.39 is 32.5 Å². The number of nitrogens with zero attached hydrogens (tertiary/aromatic N) is 1. The van der Waals surface area contributed by atoms with Crippen LogP contribution in [0.2, 0.25) is 0 Å². The molecule has 0 saturated carbocycles. The van der Waals surface area contributed by atoms with Crippen LogP contribution in [0.5, 0.6) is 0 Å². The van der Waals surface area contributed by atoms with Gasteiger partial charge in [-0.05, 0) is 83.5 Å². The Bertz CT molecular complexity index is 1550. The average molecular weight is 1110 g/mol. The molecule has 0 amide bonds. The van der Waals surface area contributed by atoms with Crippen LogP contribution >= 0.6 is 7.82 Å². The fourth-order valence-electron chi connectivity index (χ4n) is 9.21. The second kappa shape index (κ2) is 59.1. The topological polar surface area (TPSA) is 111 Å². The Balaban J connectivity index is 3.86. The summed E-state index contributed by atoms with van der Waals surface area (Å²) in [5.41, 5.74) is 0. The summed E-state index contributed by atoms with van der Waals surface area (Å²) >= 11 is 0. The summed E-state index contributed by atoms with van der Waals surface area (Å²) in [5, 5.41) is 0. The van der Waals surface area contributed by atoms with E-state index in [1.54, 1.807) is 0 Å². The number of ether oxygens (including phenoxy) is 2. The minimum atomic E-state index is -4.64. The zero-order valence-electron chi connectivity index (χ0n) is 51.6. The lowest BCUT2D eigenvalue weighted by atomic mass is 10.0. The number of hydrogen-bond acceptors (Lipinski definition) is 8. The van der Waals surface area contributed by atoms with Crippen LogP contribution in [0.4, 0.5) is 0 Å². The first kappa shape index (κ1) is 75.5. The highest BCUT2D eigenvalue weighted by Gasteiger charge is 2.22. The molecule has 0 aliphatic carbocycles. The van der Waals surface area contributed by atoms with E-state index in [-0.39, 0.29) is 26.1 Å². The van der Waals surface area contributed by atoms with Gasteiger partial charge < -0.3 is 27.9 Å². The van der Waals surface area contributed by atoms with Gasteiger partial charge in [-0.1, -0.05) is 273 Å². The molecule has 0 heterocycles. The summed E-state index contributed by atoms with van der Waals surface area (Å²) in [6, 6.07) is 0. The molecule has 9 nitrogen and oxygen atoms in total. The number of hydrogen-bond donors (Lipinski definition) is 0. The number of phosphoric acid groups is 1. The summed E-state index contributed by atoms with van der Waals surface area (Å²) in [6.07, 6.45) is 78.7. The SMILES string of the molecule is CC/C=C\C/C=C\C/C=C\CCCCCC(=O)OCC(COP(=O)([O-])OCC[N+](C)(C)C)OC(=O)CCCCCCCCCCCCCCCCCCCCCCCCCCCC/C=C\C/C=C\C/C=C\CCCCCCC. The first-order valence-corrected chi connectivity index (χ1v) is 34.1. The fraction of sp³-hybridized carbons (Fsp3) is 0.794. The lowest BCUT2D eigenvalue weighted by Gasteiger charge is -2.28. The molecule has 2 unspecified atom stereocenters. The molecule has 454 valence electrons. The van der Waals surface area contributed by atoms with Crippen LogP contribution in [-0.2, 0) is 32.7 Å². The third-order valence-electron chi connectivity index (χ3n) is 14.2. The first-order valence-electron chi connectivity index (χ1n) is 32.6. The van der Waals surface area contributed by atoms with Gasteiger partial charge in [0.15, 0.2) is 6.10 Å². The number of likely N-dealkylation sites (N-methyl/N-ethyl adjacent to an activating group) is 1. The third-order valence-corrected chi connectivity index (χ3v) is 15.2. The van der Waals surface area contributed by atoms with Crippen LogP contribution in [0.25, 0.3) is 0 Å². The van der Waals surface area contributed by atoms with Gasteiger partial charge >= 0.3 is 11.9 Å². The molecule has 0 aromatic rings. The molecule has 2 atom stereocenters. The smallest absolute Gasteiger partial charge is 0.306 e. The predicted octanol–water partition coefficient (Wildman–Crippen LogP) is 20.2. The molecule has 0 fully saturated rings.